The molecule has 1 saturated heterocycles. The number of pyridine rings is 2. The van der Waals surface area contributed by atoms with Crippen LogP contribution in [0.2, 0.25) is 0 Å². The third kappa shape index (κ3) is 3.31. The first-order valence-electron chi connectivity index (χ1n) is 9.25. The van der Waals surface area contributed by atoms with Crippen molar-refractivity contribution >= 4 is 28.4 Å². The van der Waals surface area contributed by atoms with Crippen molar-refractivity contribution in [3.05, 3.63) is 64.6 Å². The smallest absolute Gasteiger partial charge is 0.337 e. The second-order valence-electron chi connectivity index (χ2n) is 6.95. The minimum absolute atomic E-state index is 0.128. The van der Waals surface area contributed by atoms with Gasteiger partial charge in [-0.3, -0.25) is 4.79 Å². The molecule has 7 nitrogen and oxygen atoms in total. The third-order valence-corrected chi connectivity index (χ3v) is 5.16. The van der Waals surface area contributed by atoms with E-state index in [9.17, 15) is 9.59 Å². The fraction of sp³-hybridized carbons (Fsp3) is 0.286. The topological polar surface area (TPSA) is 78.5 Å². The molecule has 144 valence electrons. The first-order chi connectivity index (χ1) is 13.6. The zero-order valence-electron chi connectivity index (χ0n) is 15.9. The van der Waals surface area contributed by atoms with E-state index in [2.05, 4.69) is 26.7 Å². The number of fused-ring (bicyclic) bond motifs is 1. The van der Waals surface area contributed by atoms with Crippen LogP contribution < -0.4 is 15.4 Å². The molecule has 3 heterocycles. The molecule has 1 aliphatic rings. The molecular weight excluding hydrogens is 356 g/mol. The number of carbonyl (C=O) groups excluding carboxylic acids is 1. The Hall–Kier alpha value is -3.35. The number of benzene rings is 1. The standard InChI is InChI=1S/C21H22N4O3/c1-14-13-24(19-5-3-4-8-22-19)9-10-25(14)18-12-16-11-15(21(27)28-2)6-7-17(16)23-20(18)26/h3-8,11-12,14H,9-10,13H2,1-2H3,(H,23,26)/t14-/m0/s1. The van der Waals surface area contributed by atoms with Gasteiger partial charge in [0, 0.05) is 42.8 Å². The van der Waals surface area contributed by atoms with Gasteiger partial charge in [0.2, 0.25) is 0 Å². The van der Waals surface area contributed by atoms with Gasteiger partial charge < -0.3 is 19.5 Å². The first kappa shape index (κ1) is 18.0. The highest BCUT2D eigenvalue weighted by Crippen LogP contribution is 2.23. The van der Waals surface area contributed by atoms with Crippen molar-refractivity contribution in [2.45, 2.75) is 13.0 Å². The zero-order chi connectivity index (χ0) is 19.7. The molecule has 0 aliphatic carbocycles. The molecule has 0 bridgehead atoms. The molecule has 4 rings (SSSR count). The second-order valence-corrected chi connectivity index (χ2v) is 6.95. The average molecular weight is 378 g/mol. The van der Waals surface area contributed by atoms with Gasteiger partial charge >= 0.3 is 5.97 Å². The molecule has 1 atom stereocenters. The highest BCUT2D eigenvalue weighted by molar-refractivity contribution is 5.95. The van der Waals surface area contributed by atoms with Gasteiger partial charge in [0.1, 0.15) is 11.5 Å². The zero-order valence-corrected chi connectivity index (χ0v) is 15.9. The maximum Gasteiger partial charge on any atom is 0.337 e. The van der Waals surface area contributed by atoms with Gasteiger partial charge in [-0.05, 0) is 43.3 Å². The van der Waals surface area contributed by atoms with Gasteiger partial charge in [0.15, 0.2) is 0 Å². The Kier molecular flexibility index (Phi) is 4.73. The molecule has 1 aliphatic heterocycles. The number of anilines is 2. The summed E-state index contributed by atoms with van der Waals surface area (Å²) in [6.45, 7) is 4.37. The van der Waals surface area contributed by atoms with Crippen molar-refractivity contribution in [3.8, 4) is 0 Å². The van der Waals surface area contributed by atoms with Crippen LogP contribution >= 0.6 is 0 Å². The lowest BCUT2D eigenvalue weighted by molar-refractivity contribution is 0.0601. The molecule has 0 radical (unpaired) electrons. The van der Waals surface area contributed by atoms with Crippen LogP contribution in [0.4, 0.5) is 11.5 Å². The fourth-order valence-electron chi connectivity index (χ4n) is 3.72. The summed E-state index contributed by atoms with van der Waals surface area (Å²) in [5.74, 6) is 0.552. The Morgan fingerprint density at radius 2 is 2.07 bits per heavy atom. The summed E-state index contributed by atoms with van der Waals surface area (Å²) >= 11 is 0. The second kappa shape index (κ2) is 7.34. The van der Waals surface area contributed by atoms with Crippen LogP contribution in [-0.2, 0) is 4.74 Å². The number of piperazine rings is 1. The van der Waals surface area contributed by atoms with Crippen LogP contribution in [0, 0.1) is 0 Å². The molecule has 1 aromatic carbocycles. The van der Waals surface area contributed by atoms with Crippen molar-refractivity contribution in [2.24, 2.45) is 0 Å². The van der Waals surface area contributed by atoms with Crippen LogP contribution in [0.15, 0.2) is 53.5 Å². The predicted octanol–water partition coefficient (Wildman–Crippen LogP) is 2.42. The molecule has 0 spiro atoms. The van der Waals surface area contributed by atoms with Gasteiger partial charge in [0.05, 0.1) is 12.7 Å². The fourth-order valence-corrected chi connectivity index (χ4v) is 3.72. The van der Waals surface area contributed by atoms with Crippen molar-refractivity contribution < 1.29 is 9.53 Å². The third-order valence-electron chi connectivity index (χ3n) is 5.16. The summed E-state index contributed by atoms with van der Waals surface area (Å²) in [5.41, 5.74) is 1.64. The van der Waals surface area contributed by atoms with Crippen molar-refractivity contribution in [2.75, 3.05) is 36.5 Å². The lowest BCUT2D eigenvalue weighted by atomic mass is 10.1. The van der Waals surface area contributed by atoms with Gasteiger partial charge in [-0.2, -0.15) is 0 Å². The van der Waals surface area contributed by atoms with E-state index in [1.54, 1.807) is 24.4 Å². The molecule has 28 heavy (non-hydrogen) atoms. The number of rotatable bonds is 3. The normalized spacial score (nSPS) is 17.0. The summed E-state index contributed by atoms with van der Waals surface area (Å²) in [5, 5.41) is 0.803. The molecule has 1 fully saturated rings. The Morgan fingerprint density at radius 3 is 2.79 bits per heavy atom. The number of aromatic amines is 1. The van der Waals surface area contributed by atoms with Crippen molar-refractivity contribution in [3.63, 3.8) is 0 Å². The predicted molar refractivity (Wildman–Crippen MR) is 109 cm³/mol. The molecule has 7 heteroatoms. The van der Waals surface area contributed by atoms with Gasteiger partial charge in [0.25, 0.3) is 5.56 Å². The number of hydrogen-bond donors (Lipinski definition) is 1. The number of aromatic nitrogens is 2. The van der Waals surface area contributed by atoms with E-state index in [-0.39, 0.29) is 11.6 Å². The van der Waals surface area contributed by atoms with E-state index >= 15 is 0 Å². The van der Waals surface area contributed by atoms with Crippen molar-refractivity contribution in [1.82, 2.24) is 9.97 Å². The number of nitrogens with zero attached hydrogens (tertiary/aromatic N) is 3. The van der Waals surface area contributed by atoms with E-state index in [1.165, 1.54) is 7.11 Å². The maximum atomic E-state index is 12.7. The van der Waals surface area contributed by atoms with Crippen LogP contribution in [0.1, 0.15) is 17.3 Å². The first-order valence-corrected chi connectivity index (χ1v) is 9.25. The number of methoxy groups -OCH3 is 1. The average Bonchev–Trinajstić information content (AvgIpc) is 2.73. The molecule has 0 saturated carbocycles. The molecule has 0 unspecified atom stereocenters. The van der Waals surface area contributed by atoms with E-state index in [4.69, 9.17) is 4.74 Å². The largest absolute Gasteiger partial charge is 0.465 e. The quantitative estimate of drug-likeness (QED) is 0.706. The number of esters is 1. The number of H-pyrrole nitrogens is 1. The van der Waals surface area contributed by atoms with Crippen LogP contribution in [0.25, 0.3) is 10.9 Å². The van der Waals surface area contributed by atoms with Gasteiger partial charge in [-0.15, -0.1) is 0 Å². The van der Waals surface area contributed by atoms with Gasteiger partial charge in [-0.25, -0.2) is 9.78 Å². The number of hydrogen-bond acceptors (Lipinski definition) is 6. The summed E-state index contributed by atoms with van der Waals surface area (Å²) in [7, 11) is 1.35. The number of carbonyl (C=O) groups is 1. The van der Waals surface area contributed by atoms with Gasteiger partial charge in [-0.1, -0.05) is 6.07 Å². The Morgan fingerprint density at radius 1 is 1.21 bits per heavy atom. The summed E-state index contributed by atoms with van der Waals surface area (Å²) in [6.07, 6.45) is 1.79. The van der Waals surface area contributed by atoms with E-state index in [0.29, 0.717) is 23.3 Å². The highest BCUT2D eigenvalue weighted by Gasteiger charge is 2.26. The maximum absolute atomic E-state index is 12.7. The summed E-state index contributed by atoms with van der Waals surface area (Å²) in [6, 6.07) is 13.0. The van der Waals surface area contributed by atoms with E-state index < -0.39 is 5.97 Å². The Balaban J connectivity index is 1.64. The SMILES string of the molecule is COC(=O)c1ccc2[nH]c(=O)c(N3CCN(c4ccccn4)C[C@@H]3C)cc2c1. The van der Waals surface area contributed by atoms with E-state index in [0.717, 1.165) is 24.3 Å². The van der Waals surface area contributed by atoms with Crippen LogP contribution in [0.5, 0.6) is 0 Å². The van der Waals surface area contributed by atoms with Crippen LogP contribution in [0.3, 0.4) is 0 Å². The minimum Gasteiger partial charge on any atom is -0.465 e. The molecule has 1 N–H and O–H groups in total. The minimum atomic E-state index is -0.396. The lowest BCUT2D eigenvalue weighted by Crippen LogP contribution is -2.53. The Labute approximate surface area is 162 Å². The summed E-state index contributed by atoms with van der Waals surface area (Å²) in [4.78, 5) is 36.2. The van der Waals surface area contributed by atoms with E-state index in [1.807, 2.05) is 24.3 Å². The number of nitrogens with one attached hydrogen (secondary N) is 1. The molecule has 0 amide bonds. The molecule has 3 aromatic rings. The monoisotopic (exact) mass is 378 g/mol. The highest BCUT2D eigenvalue weighted by atomic mass is 16.5. The summed E-state index contributed by atoms with van der Waals surface area (Å²) < 4.78 is 4.79. The number of ether oxygens (including phenoxy) is 1. The molecular formula is C21H22N4O3. The lowest BCUT2D eigenvalue weighted by Gasteiger charge is -2.41. The molecule has 2 aromatic heterocycles. The van der Waals surface area contributed by atoms with Crippen molar-refractivity contribution in [1.29, 1.82) is 0 Å². The van der Waals surface area contributed by atoms with Crippen LogP contribution in [-0.4, -0.2) is 48.7 Å². The Bertz CT molecular complexity index is 1060.